The highest BCUT2D eigenvalue weighted by Crippen LogP contribution is 2.64. The first-order chi connectivity index (χ1) is 13.8. The minimum Gasteiger partial charge on any atom is -0.393 e. The van der Waals surface area contributed by atoms with E-state index in [1.807, 2.05) is 0 Å². The summed E-state index contributed by atoms with van der Waals surface area (Å²) in [5, 5.41) is 10.2. The first kappa shape index (κ1) is 19.2. The Hall–Kier alpha value is -1.81. The van der Waals surface area contributed by atoms with Crippen LogP contribution in [0.5, 0.6) is 0 Å². The summed E-state index contributed by atoms with van der Waals surface area (Å²) in [7, 11) is 0. The number of halogens is 2. The van der Waals surface area contributed by atoms with Crippen molar-refractivity contribution in [2.45, 2.75) is 64.9 Å². The number of pyridine rings is 1. The van der Waals surface area contributed by atoms with Gasteiger partial charge in [-0.2, -0.15) is 0 Å². The summed E-state index contributed by atoms with van der Waals surface area (Å²) in [6.45, 7) is 4.69. The van der Waals surface area contributed by atoms with Gasteiger partial charge in [-0.15, -0.1) is 0 Å². The molecule has 4 aliphatic rings. The number of nitrogens with zero attached hydrogens (tertiary/aromatic N) is 1. The summed E-state index contributed by atoms with van der Waals surface area (Å²) < 4.78 is 26.4. The molecule has 2 unspecified atom stereocenters. The van der Waals surface area contributed by atoms with Gasteiger partial charge in [-0.3, -0.25) is 4.98 Å². The number of aromatic nitrogens is 1. The Labute approximate surface area is 171 Å². The smallest absolute Gasteiger partial charge is 0.265 e. The number of rotatable bonds is 2. The molecular formula is C25H29F2NO. The normalized spacial score (nSPS) is 38.6. The molecule has 4 heteroatoms. The zero-order valence-electron chi connectivity index (χ0n) is 17.2. The van der Waals surface area contributed by atoms with Gasteiger partial charge in [0, 0.05) is 23.4 Å². The van der Waals surface area contributed by atoms with E-state index in [1.54, 1.807) is 12.3 Å². The maximum atomic E-state index is 13.2. The van der Waals surface area contributed by atoms with Gasteiger partial charge in [-0.05, 0) is 73.0 Å². The van der Waals surface area contributed by atoms with E-state index in [1.165, 1.54) is 17.3 Å². The maximum absolute atomic E-state index is 13.2. The van der Waals surface area contributed by atoms with E-state index >= 15 is 0 Å². The van der Waals surface area contributed by atoms with E-state index in [2.05, 4.69) is 37.1 Å². The van der Waals surface area contributed by atoms with Crippen LogP contribution in [0.2, 0.25) is 0 Å². The number of aliphatic hydroxyl groups is 1. The van der Waals surface area contributed by atoms with Crippen LogP contribution in [0.1, 0.15) is 69.9 Å². The fraction of sp³-hybridized carbons (Fsp3) is 0.560. The molecule has 0 bridgehead atoms. The largest absolute Gasteiger partial charge is 0.393 e. The molecule has 4 aliphatic carbocycles. The molecule has 0 saturated heterocycles. The average molecular weight is 398 g/mol. The zero-order chi connectivity index (χ0) is 20.4. The fourth-order valence-corrected chi connectivity index (χ4v) is 6.79. The average Bonchev–Trinajstić information content (AvgIpc) is 3.06. The lowest BCUT2D eigenvalue weighted by molar-refractivity contribution is 0.0369. The van der Waals surface area contributed by atoms with Gasteiger partial charge in [-0.25, -0.2) is 8.78 Å². The molecule has 0 spiro atoms. The Morgan fingerprint density at radius 1 is 1.14 bits per heavy atom. The highest BCUT2D eigenvalue weighted by molar-refractivity contribution is 5.78. The minimum atomic E-state index is -2.50. The van der Waals surface area contributed by atoms with Crippen LogP contribution in [0, 0.1) is 22.7 Å². The molecule has 5 rings (SSSR count). The molecule has 154 valence electrons. The van der Waals surface area contributed by atoms with Crippen LogP contribution in [-0.2, 0) is 0 Å². The molecule has 0 aliphatic heterocycles. The predicted octanol–water partition coefficient (Wildman–Crippen LogP) is 6.26. The van der Waals surface area contributed by atoms with Crippen LogP contribution >= 0.6 is 0 Å². The lowest BCUT2D eigenvalue weighted by Crippen LogP contribution is -2.47. The number of fused-ring (bicyclic) bond motifs is 5. The third-order valence-electron chi connectivity index (χ3n) is 8.45. The second kappa shape index (κ2) is 6.60. The van der Waals surface area contributed by atoms with Crippen molar-refractivity contribution < 1.29 is 13.9 Å². The second-order valence-corrected chi connectivity index (χ2v) is 9.87. The zero-order valence-corrected chi connectivity index (χ0v) is 17.2. The molecule has 2 saturated carbocycles. The molecule has 0 amide bonds. The van der Waals surface area contributed by atoms with Crippen LogP contribution in [0.25, 0.3) is 5.57 Å². The first-order valence-electron chi connectivity index (χ1n) is 10.9. The van der Waals surface area contributed by atoms with Gasteiger partial charge in [-0.1, -0.05) is 43.2 Å². The van der Waals surface area contributed by atoms with E-state index in [0.717, 1.165) is 49.7 Å². The van der Waals surface area contributed by atoms with Gasteiger partial charge in [0.2, 0.25) is 0 Å². The van der Waals surface area contributed by atoms with Crippen LogP contribution < -0.4 is 0 Å². The number of hydrogen-bond acceptors (Lipinski definition) is 2. The van der Waals surface area contributed by atoms with Gasteiger partial charge in [0.25, 0.3) is 6.43 Å². The first-order valence-corrected chi connectivity index (χ1v) is 10.9. The summed E-state index contributed by atoms with van der Waals surface area (Å²) >= 11 is 0. The number of alkyl halides is 2. The SMILES string of the molecule is C[C@]12CCC3C(CC=C4C[C@@H](O)CC[C@@]43C)C1=CC=C2c1cncc(C(F)F)c1. The molecule has 0 aromatic carbocycles. The predicted molar refractivity (Wildman–Crippen MR) is 110 cm³/mol. The second-order valence-electron chi connectivity index (χ2n) is 9.87. The summed E-state index contributed by atoms with van der Waals surface area (Å²) in [5.74, 6) is 1.10. The minimum absolute atomic E-state index is 0.00680. The van der Waals surface area contributed by atoms with Crippen molar-refractivity contribution in [3.8, 4) is 0 Å². The van der Waals surface area contributed by atoms with E-state index in [0.29, 0.717) is 11.8 Å². The maximum Gasteiger partial charge on any atom is 0.265 e. The lowest BCUT2D eigenvalue weighted by Gasteiger charge is -2.56. The van der Waals surface area contributed by atoms with Crippen molar-refractivity contribution >= 4 is 5.57 Å². The Kier molecular flexibility index (Phi) is 4.36. The lowest BCUT2D eigenvalue weighted by atomic mass is 9.49. The van der Waals surface area contributed by atoms with Crippen molar-refractivity contribution in [2.24, 2.45) is 22.7 Å². The van der Waals surface area contributed by atoms with Crippen molar-refractivity contribution in [3.05, 3.63) is 59.0 Å². The monoisotopic (exact) mass is 397 g/mol. The molecule has 1 aromatic rings. The van der Waals surface area contributed by atoms with Gasteiger partial charge in [0.05, 0.1) is 6.10 Å². The summed E-state index contributed by atoms with van der Waals surface area (Å²) in [5.41, 5.74) is 4.97. The molecule has 2 fully saturated rings. The van der Waals surface area contributed by atoms with E-state index in [9.17, 15) is 13.9 Å². The van der Waals surface area contributed by atoms with Gasteiger partial charge in [0.1, 0.15) is 0 Å². The van der Waals surface area contributed by atoms with Crippen molar-refractivity contribution in [3.63, 3.8) is 0 Å². The Morgan fingerprint density at radius 2 is 1.97 bits per heavy atom. The van der Waals surface area contributed by atoms with Crippen LogP contribution in [0.3, 0.4) is 0 Å². The number of aliphatic hydroxyl groups excluding tert-OH is 1. The third kappa shape index (κ3) is 2.78. The molecule has 1 N–H and O–H groups in total. The highest BCUT2D eigenvalue weighted by atomic mass is 19.3. The van der Waals surface area contributed by atoms with Crippen molar-refractivity contribution in [2.75, 3.05) is 0 Å². The van der Waals surface area contributed by atoms with Crippen LogP contribution in [0.15, 0.2) is 47.8 Å². The quantitative estimate of drug-likeness (QED) is 0.598. The van der Waals surface area contributed by atoms with Gasteiger partial charge >= 0.3 is 0 Å². The van der Waals surface area contributed by atoms with Crippen LogP contribution in [-0.4, -0.2) is 16.2 Å². The Balaban J connectivity index is 1.47. The topological polar surface area (TPSA) is 33.1 Å². The summed E-state index contributed by atoms with van der Waals surface area (Å²) in [4.78, 5) is 4.10. The van der Waals surface area contributed by atoms with Crippen molar-refractivity contribution in [1.82, 2.24) is 4.98 Å². The number of allylic oxidation sites excluding steroid dienone is 5. The Bertz CT molecular complexity index is 933. The molecule has 5 atom stereocenters. The van der Waals surface area contributed by atoms with E-state index < -0.39 is 6.43 Å². The molecule has 1 aromatic heterocycles. The molecule has 1 heterocycles. The van der Waals surface area contributed by atoms with E-state index in [-0.39, 0.29) is 22.5 Å². The summed E-state index contributed by atoms with van der Waals surface area (Å²) in [6.07, 6.45) is 13.1. The molecule has 2 nitrogen and oxygen atoms in total. The third-order valence-corrected chi connectivity index (χ3v) is 8.45. The van der Waals surface area contributed by atoms with Crippen LogP contribution in [0.4, 0.5) is 8.78 Å². The Morgan fingerprint density at radius 3 is 2.76 bits per heavy atom. The van der Waals surface area contributed by atoms with E-state index in [4.69, 9.17) is 0 Å². The molecular weight excluding hydrogens is 368 g/mol. The highest BCUT2D eigenvalue weighted by Gasteiger charge is 2.54. The van der Waals surface area contributed by atoms with Gasteiger partial charge < -0.3 is 5.11 Å². The van der Waals surface area contributed by atoms with Gasteiger partial charge in [0.15, 0.2) is 0 Å². The van der Waals surface area contributed by atoms with Crippen molar-refractivity contribution in [1.29, 1.82) is 0 Å². The molecule has 29 heavy (non-hydrogen) atoms. The standard InChI is InChI=1S/C25H29F2NO/c1-24-9-7-18(29)12-17(24)3-4-19-21-6-5-20(25(21,2)10-8-22(19)24)15-11-16(23(26)27)14-28-13-15/h3,5-6,11,13-14,18-19,22-23,29H,4,7-10,12H2,1-2H3/t18-,19?,22?,24-,25+/m0/s1. The fourth-order valence-electron chi connectivity index (χ4n) is 6.79. The number of hydrogen-bond donors (Lipinski definition) is 1. The summed E-state index contributed by atoms with van der Waals surface area (Å²) in [6, 6.07) is 1.61. The molecule has 0 radical (unpaired) electrons.